The second kappa shape index (κ2) is 8.09. The van der Waals surface area contributed by atoms with E-state index in [2.05, 4.69) is 48.8 Å². The summed E-state index contributed by atoms with van der Waals surface area (Å²) in [6.07, 6.45) is 1.70. The van der Waals surface area contributed by atoms with Crippen LogP contribution in [0.3, 0.4) is 0 Å². The first kappa shape index (κ1) is 18.1. The van der Waals surface area contributed by atoms with Crippen molar-refractivity contribution in [3.8, 4) is 0 Å². The van der Waals surface area contributed by atoms with Crippen molar-refractivity contribution in [2.45, 2.75) is 39.7 Å². The number of piperazine rings is 1. The Balaban J connectivity index is 1.61. The fourth-order valence-corrected chi connectivity index (χ4v) is 3.92. The second-order valence-electron chi connectivity index (χ2n) is 6.96. The molecule has 1 amide bonds. The van der Waals surface area contributed by atoms with Crippen molar-refractivity contribution >= 4 is 17.3 Å². The number of benzene rings is 1. The van der Waals surface area contributed by atoms with Crippen molar-refractivity contribution in [3.05, 3.63) is 23.8 Å². The van der Waals surface area contributed by atoms with E-state index < -0.39 is 0 Å². The molecule has 0 spiro atoms. The number of anilines is 2. The molecular formula is C20H31N3O2. The molecule has 0 N–H and O–H groups in total. The maximum atomic E-state index is 12.5. The largest absolute Gasteiger partial charge is 0.372 e. The van der Waals surface area contributed by atoms with Crippen LogP contribution in [0.2, 0.25) is 0 Å². The first-order valence-corrected chi connectivity index (χ1v) is 9.65. The van der Waals surface area contributed by atoms with Crippen LogP contribution in [-0.4, -0.2) is 62.8 Å². The van der Waals surface area contributed by atoms with Crippen LogP contribution in [0, 0.1) is 6.92 Å². The quantitative estimate of drug-likeness (QED) is 0.822. The summed E-state index contributed by atoms with van der Waals surface area (Å²) in [6.45, 7) is 12.7. The molecule has 2 fully saturated rings. The van der Waals surface area contributed by atoms with E-state index in [0.29, 0.717) is 0 Å². The lowest BCUT2D eigenvalue weighted by Crippen LogP contribution is -2.51. The number of amides is 1. The van der Waals surface area contributed by atoms with Crippen molar-refractivity contribution in [1.29, 1.82) is 0 Å². The minimum atomic E-state index is -0.193. The molecule has 1 aromatic carbocycles. The highest BCUT2D eigenvalue weighted by atomic mass is 16.5. The molecule has 2 aliphatic heterocycles. The van der Waals surface area contributed by atoms with Gasteiger partial charge in [0.1, 0.15) is 6.10 Å². The molecule has 5 heteroatoms. The second-order valence-corrected chi connectivity index (χ2v) is 6.96. The summed E-state index contributed by atoms with van der Waals surface area (Å²) in [7, 11) is 0. The third-order valence-electron chi connectivity index (χ3n) is 5.45. The van der Waals surface area contributed by atoms with Gasteiger partial charge < -0.3 is 19.4 Å². The average molecular weight is 345 g/mol. The van der Waals surface area contributed by atoms with E-state index in [-0.39, 0.29) is 12.0 Å². The number of nitrogens with zero attached hydrogens (tertiary/aromatic N) is 3. The molecule has 0 bridgehead atoms. The van der Waals surface area contributed by atoms with Crippen LogP contribution in [0.15, 0.2) is 18.2 Å². The lowest BCUT2D eigenvalue weighted by Gasteiger charge is -2.38. The summed E-state index contributed by atoms with van der Waals surface area (Å²) >= 11 is 0. The Morgan fingerprint density at radius 1 is 1.20 bits per heavy atom. The number of hydrogen-bond donors (Lipinski definition) is 0. The van der Waals surface area contributed by atoms with Gasteiger partial charge in [0.05, 0.1) is 0 Å². The van der Waals surface area contributed by atoms with Crippen LogP contribution >= 0.6 is 0 Å². The summed E-state index contributed by atoms with van der Waals surface area (Å²) in [4.78, 5) is 19.2. The molecule has 1 unspecified atom stereocenters. The van der Waals surface area contributed by atoms with Gasteiger partial charge in [0.2, 0.25) is 0 Å². The van der Waals surface area contributed by atoms with Crippen molar-refractivity contribution in [1.82, 2.24) is 4.90 Å². The molecule has 2 aliphatic rings. The molecule has 138 valence electrons. The van der Waals surface area contributed by atoms with Crippen LogP contribution in [0.25, 0.3) is 0 Å². The van der Waals surface area contributed by atoms with Gasteiger partial charge in [-0.05, 0) is 57.4 Å². The highest BCUT2D eigenvalue weighted by molar-refractivity contribution is 5.81. The van der Waals surface area contributed by atoms with Gasteiger partial charge in [-0.25, -0.2) is 0 Å². The lowest BCUT2D eigenvalue weighted by atomic mass is 10.1. The van der Waals surface area contributed by atoms with Crippen LogP contribution in [0.4, 0.5) is 11.4 Å². The molecule has 0 aromatic heterocycles. The molecule has 1 atom stereocenters. The molecule has 5 nitrogen and oxygen atoms in total. The number of carbonyl (C=O) groups is 1. The van der Waals surface area contributed by atoms with E-state index >= 15 is 0 Å². The number of carbonyl (C=O) groups excluding carboxylic acids is 1. The van der Waals surface area contributed by atoms with Crippen molar-refractivity contribution in [2.24, 2.45) is 0 Å². The van der Waals surface area contributed by atoms with Gasteiger partial charge in [-0.15, -0.1) is 0 Å². The van der Waals surface area contributed by atoms with Crippen molar-refractivity contribution in [2.75, 3.05) is 55.7 Å². The first-order valence-electron chi connectivity index (χ1n) is 9.65. The summed E-state index contributed by atoms with van der Waals surface area (Å²) in [6, 6.07) is 6.74. The van der Waals surface area contributed by atoms with Crippen LogP contribution in [0.1, 0.15) is 32.3 Å². The van der Waals surface area contributed by atoms with Gasteiger partial charge in [0, 0.05) is 57.3 Å². The maximum absolute atomic E-state index is 12.5. The summed E-state index contributed by atoms with van der Waals surface area (Å²) in [5, 5.41) is 0. The molecule has 2 heterocycles. The Morgan fingerprint density at radius 2 is 1.92 bits per heavy atom. The van der Waals surface area contributed by atoms with Gasteiger partial charge in [-0.3, -0.25) is 4.79 Å². The van der Waals surface area contributed by atoms with Crippen LogP contribution in [0.5, 0.6) is 0 Å². The molecular weight excluding hydrogens is 314 g/mol. The van der Waals surface area contributed by atoms with Gasteiger partial charge in [0.15, 0.2) is 0 Å². The van der Waals surface area contributed by atoms with E-state index in [9.17, 15) is 4.79 Å². The summed E-state index contributed by atoms with van der Waals surface area (Å²) in [5.41, 5.74) is 3.89. The number of hydrogen-bond acceptors (Lipinski definition) is 4. The predicted molar refractivity (Wildman–Crippen MR) is 103 cm³/mol. The number of ether oxygens (including phenoxy) is 1. The molecule has 0 radical (unpaired) electrons. The minimum absolute atomic E-state index is 0.186. The highest BCUT2D eigenvalue weighted by Gasteiger charge is 2.30. The van der Waals surface area contributed by atoms with E-state index in [1.54, 1.807) is 0 Å². The van der Waals surface area contributed by atoms with Gasteiger partial charge in [-0.2, -0.15) is 0 Å². The van der Waals surface area contributed by atoms with Crippen LogP contribution < -0.4 is 9.80 Å². The maximum Gasteiger partial charge on any atom is 0.251 e. The summed E-state index contributed by atoms with van der Waals surface area (Å²) in [5.74, 6) is 0.186. The Kier molecular flexibility index (Phi) is 5.84. The fraction of sp³-hybridized carbons (Fsp3) is 0.650. The zero-order chi connectivity index (χ0) is 17.8. The van der Waals surface area contributed by atoms with Gasteiger partial charge in [0.25, 0.3) is 5.91 Å². The zero-order valence-corrected chi connectivity index (χ0v) is 15.8. The topological polar surface area (TPSA) is 36.0 Å². The Morgan fingerprint density at radius 3 is 2.48 bits per heavy atom. The van der Waals surface area contributed by atoms with E-state index in [0.717, 1.165) is 58.7 Å². The van der Waals surface area contributed by atoms with Crippen LogP contribution in [-0.2, 0) is 9.53 Å². The highest BCUT2D eigenvalue weighted by Crippen LogP contribution is 2.27. The SMILES string of the molecule is CCN(CC)c1ccc(N2CCN(C(=O)C3CCCO3)CC2)c(C)c1. The third kappa shape index (κ3) is 3.92. The lowest BCUT2D eigenvalue weighted by molar-refractivity contribution is -0.141. The van der Waals surface area contributed by atoms with E-state index in [4.69, 9.17) is 4.74 Å². The van der Waals surface area contributed by atoms with E-state index in [1.807, 2.05) is 4.90 Å². The minimum Gasteiger partial charge on any atom is -0.372 e. The average Bonchev–Trinajstić information content (AvgIpc) is 3.17. The number of aryl methyl sites for hydroxylation is 1. The molecule has 0 saturated carbocycles. The molecule has 2 saturated heterocycles. The first-order chi connectivity index (χ1) is 12.1. The predicted octanol–water partition coefficient (Wildman–Crippen LogP) is 2.67. The molecule has 3 rings (SSSR count). The normalized spacial score (nSPS) is 20.8. The van der Waals surface area contributed by atoms with Crippen molar-refractivity contribution < 1.29 is 9.53 Å². The third-order valence-corrected chi connectivity index (χ3v) is 5.45. The Bertz CT molecular complexity index is 587. The molecule has 0 aliphatic carbocycles. The van der Waals surface area contributed by atoms with Gasteiger partial charge >= 0.3 is 0 Å². The smallest absolute Gasteiger partial charge is 0.251 e. The monoisotopic (exact) mass is 345 g/mol. The fourth-order valence-electron chi connectivity index (χ4n) is 3.92. The summed E-state index contributed by atoms with van der Waals surface area (Å²) < 4.78 is 5.55. The zero-order valence-electron chi connectivity index (χ0n) is 15.8. The number of rotatable bonds is 5. The van der Waals surface area contributed by atoms with Crippen molar-refractivity contribution in [3.63, 3.8) is 0 Å². The molecule has 1 aromatic rings. The Labute approximate surface area is 151 Å². The van der Waals surface area contributed by atoms with Gasteiger partial charge in [-0.1, -0.05) is 0 Å². The van der Waals surface area contributed by atoms with E-state index in [1.165, 1.54) is 16.9 Å². The molecule has 25 heavy (non-hydrogen) atoms. The Hall–Kier alpha value is -1.75. The standard InChI is InChI=1S/C20H31N3O2/c1-4-21(5-2)17-8-9-18(16(3)15-17)22-10-12-23(13-11-22)20(24)19-7-6-14-25-19/h8-9,15,19H,4-7,10-14H2,1-3H3.